The lowest BCUT2D eigenvalue weighted by Gasteiger charge is -2.37. The van der Waals surface area contributed by atoms with Gasteiger partial charge in [0.1, 0.15) is 0 Å². The number of urea groups is 1. The number of nitrogens with zero attached hydrogens (tertiary/aromatic N) is 2. The van der Waals surface area contributed by atoms with Crippen molar-refractivity contribution in [1.29, 1.82) is 0 Å². The molecule has 1 atom stereocenters. The van der Waals surface area contributed by atoms with Crippen molar-refractivity contribution in [3.05, 3.63) is 0 Å². The van der Waals surface area contributed by atoms with Crippen LogP contribution >= 0.6 is 0 Å². The fourth-order valence-electron chi connectivity index (χ4n) is 4.41. The monoisotopic (exact) mass is 386 g/mol. The molecule has 1 saturated carbocycles. The first kappa shape index (κ1) is 19.9. The quantitative estimate of drug-likeness (QED) is 0.776. The number of hydrogen-bond acceptors (Lipinski definition) is 3. The minimum atomic E-state index is -3.35. The predicted molar refractivity (Wildman–Crippen MR) is 102 cm³/mol. The van der Waals surface area contributed by atoms with Crippen molar-refractivity contribution in [3.63, 3.8) is 0 Å². The highest BCUT2D eigenvalue weighted by atomic mass is 32.2. The molecule has 2 aliphatic heterocycles. The summed E-state index contributed by atoms with van der Waals surface area (Å²) in [5.41, 5.74) is 0. The fraction of sp³-hybridized carbons (Fsp3) is 0.944. The van der Waals surface area contributed by atoms with E-state index in [1.165, 1.54) is 19.3 Å². The van der Waals surface area contributed by atoms with Crippen LogP contribution in [0, 0.1) is 5.92 Å². The molecule has 150 valence electrons. The average molecular weight is 387 g/mol. The maximum Gasteiger partial charge on any atom is 0.315 e. The zero-order valence-corrected chi connectivity index (χ0v) is 16.8. The fourth-order valence-corrected chi connectivity index (χ4v) is 6.21. The molecular formula is C18H34N4O3S. The van der Waals surface area contributed by atoms with Gasteiger partial charge in [0.05, 0.1) is 0 Å². The van der Waals surface area contributed by atoms with E-state index in [0.717, 1.165) is 25.7 Å². The number of carbonyl (C=O) groups excluding carboxylic acids is 1. The highest BCUT2D eigenvalue weighted by molar-refractivity contribution is 7.86. The maximum atomic E-state index is 12.8. The molecule has 3 rings (SSSR count). The van der Waals surface area contributed by atoms with Gasteiger partial charge in [0.15, 0.2) is 0 Å². The Morgan fingerprint density at radius 1 is 0.808 bits per heavy atom. The van der Waals surface area contributed by atoms with E-state index in [9.17, 15) is 13.2 Å². The molecule has 0 aromatic heterocycles. The minimum absolute atomic E-state index is 0.0605. The molecule has 2 saturated heterocycles. The van der Waals surface area contributed by atoms with E-state index in [0.29, 0.717) is 51.0 Å². The van der Waals surface area contributed by atoms with Crippen LogP contribution in [0.15, 0.2) is 0 Å². The summed E-state index contributed by atoms with van der Waals surface area (Å²) in [6, 6.07) is 0.263. The summed E-state index contributed by atoms with van der Waals surface area (Å²) in [7, 11) is -3.35. The van der Waals surface area contributed by atoms with Crippen LogP contribution in [0.4, 0.5) is 4.79 Å². The van der Waals surface area contributed by atoms with Crippen LogP contribution in [-0.4, -0.2) is 61.3 Å². The third-order valence-electron chi connectivity index (χ3n) is 6.00. The highest BCUT2D eigenvalue weighted by Crippen LogP contribution is 2.23. The zero-order valence-electron chi connectivity index (χ0n) is 16.0. The molecular weight excluding hydrogens is 352 g/mol. The van der Waals surface area contributed by atoms with Crippen LogP contribution in [-0.2, 0) is 10.2 Å². The SMILES string of the molecule is C[C@H]1CCCN(S(=O)(=O)N2CCC(NC(=O)NC3CCCCC3)CC2)C1. The van der Waals surface area contributed by atoms with E-state index in [2.05, 4.69) is 17.6 Å². The van der Waals surface area contributed by atoms with Crippen LogP contribution in [0.5, 0.6) is 0 Å². The molecule has 7 nitrogen and oxygen atoms in total. The molecule has 2 N–H and O–H groups in total. The number of piperidine rings is 2. The van der Waals surface area contributed by atoms with Crippen molar-refractivity contribution in [2.45, 2.75) is 76.8 Å². The van der Waals surface area contributed by atoms with Crippen molar-refractivity contribution in [3.8, 4) is 0 Å². The van der Waals surface area contributed by atoms with Gasteiger partial charge in [-0.3, -0.25) is 0 Å². The molecule has 8 heteroatoms. The van der Waals surface area contributed by atoms with Crippen LogP contribution in [0.3, 0.4) is 0 Å². The van der Waals surface area contributed by atoms with Gasteiger partial charge in [0.2, 0.25) is 0 Å². The van der Waals surface area contributed by atoms with E-state index >= 15 is 0 Å². The van der Waals surface area contributed by atoms with Crippen molar-refractivity contribution in [2.24, 2.45) is 5.92 Å². The number of hydrogen-bond donors (Lipinski definition) is 2. The second kappa shape index (κ2) is 8.89. The van der Waals surface area contributed by atoms with E-state index in [-0.39, 0.29) is 12.1 Å². The normalized spacial score (nSPS) is 28.0. The Labute approximate surface area is 158 Å². The van der Waals surface area contributed by atoms with E-state index < -0.39 is 10.2 Å². The molecule has 2 heterocycles. The van der Waals surface area contributed by atoms with Crippen LogP contribution in [0.25, 0.3) is 0 Å². The summed E-state index contributed by atoms with van der Waals surface area (Å²) in [4.78, 5) is 12.2. The topological polar surface area (TPSA) is 81.8 Å². The zero-order chi connectivity index (χ0) is 18.6. The first-order valence-corrected chi connectivity index (χ1v) is 11.7. The van der Waals surface area contributed by atoms with Gasteiger partial charge in [-0.15, -0.1) is 0 Å². The first-order valence-electron chi connectivity index (χ1n) is 10.3. The average Bonchev–Trinajstić information content (AvgIpc) is 2.63. The Balaban J connectivity index is 1.44. The molecule has 0 spiro atoms. The van der Waals surface area contributed by atoms with Gasteiger partial charge >= 0.3 is 6.03 Å². The maximum absolute atomic E-state index is 12.8. The number of amides is 2. The Kier molecular flexibility index (Phi) is 6.80. The Bertz CT molecular complexity index is 569. The Morgan fingerprint density at radius 3 is 2.04 bits per heavy atom. The van der Waals surface area contributed by atoms with E-state index in [4.69, 9.17) is 0 Å². The standard InChI is InChI=1S/C18H34N4O3S/c1-15-6-5-11-22(14-15)26(24,25)21-12-9-17(10-13-21)20-18(23)19-16-7-3-2-4-8-16/h15-17H,2-14H2,1H3,(H2,19,20,23)/t15-/m0/s1. The Hall–Kier alpha value is -0.860. The molecule has 2 amide bonds. The van der Waals surface area contributed by atoms with Gasteiger partial charge in [0, 0.05) is 38.3 Å². The molecule has 3 fully saturated rings. The molecule has 1 aliphatic carbocycles. The smallest absolute Gasteiger partial charge is 0.315 e. The summed E-state index contributed by atoms with van der Waals surface area (Å²) in [5.74, 6) is 0.432. The van der Waals surface area contributed by atoms with Gasteiger partial charge < -0.3 is 10.6 Å². The summed E-state index contributed by atoms with van der Waals surface area (Å²) in [6.45, 7) is 4.35. The Morgan fingerprint density at radius 2 is 1.42 bits per heavy atom. The van der Waals surface area contributed by atoms with Crippen LogP contribution in [0.2, 0.25) is 0 Å². The molecule has 0 aromatic carbocycles. The van der Waals surface area contributed by atoms with Crippen molar-refractivity contribution < 1.29 is 13.2 Å². The second-order valence-corrected chi connectivity index (χ2v) is 10.2. The van der Waals surface area contributed by atoms with Gasteiger partial charge in [-0.05, 0) is 44.4 Å². The molecule has 0 radical (unpaired) electrons. The third-order valence-corrected chi connectivity index (χ3v) is 8.00. The third kappa shape index (κ3) is 5.10. The van der Waals surface area contributed by atoms with Gasteiger partial charge in [-0.25, -0.2) is 4.79 Å². The summed E-state index contributed by atoms with van der Waals surface area (Å²) < 4.78 is 28.9. The van der Waals surface area contributed by atoms with Crippen LogP contribution < -0.4 is 10.6 Å². The molecule has 26 heavy (non-hydrogen) atoms. The van der Waals surface area contributed by atoms with Crippen molar-refractivity contribution in [1.82, 2.24) is 19.2 Å². The van der Waals surface area contributed by atoms with Gasteiger partial charge in [-0.1, -0.05) is 26.2 Å². The minimum Gasteiger partial charge on any atom is -0.335 e. The number of rotatable bonds is 4. The van der Waals surface area contributed by atoms with Crippen molar-refractivity contribution >= 4 is 16.2 Å². The number of carbonyl (C=O) groups is 1. The number of nitrogens with one attached hydrogen (secondary N) is 2. The predicted octanol–water partition coefficient (Wildman–Crippen LogP) is 2.06. The molecule has 0 aromatic rings. The lowest BCUT2D eigenvalue weighted by Crippen LogP contribution is -2.54. The molecule has 3 aliphatic rings. The van der Waals surface area contributed by atoms with Gasteiger partial charge in [-0.2, -0.15) is 17.0 Å². The highest BCUT2D eigenvalue weighted by Gasteiger charge is 2.35. The molecule has 0 bridgehead atoms. The van der Waals surface area contributed by atoms with Crippen LogP contribution in [0.1, 0.15) is 64.7 Å². The van der Waals surface area contributed by atoms with Crippen molar-refractivity contribution in [2.75, 3.05) is 26.2 Å². The largest absolute Gasteiger partial charge is 0.335 e. The summed E-state index contributed by atoms with van der Waals surface area (Å²) in [6.07, 6.45) is 9.20. The second-order valence-electron chi connectivity index (χ2n) is 8.24. The van der Waals surface area contributed by atoms with E-state index in [1.54, 1.807) is 8.61 Å². The lowest BCUT2D eigenvalue weighted by molar-refractivity contribution is 0.214. The summed E-state index contributed by atoms with van der Waals surface area (Å²) in [5, 5.41) is 6.11. The summed E-state index contributed by atoms with van der Waals surface area (Å²) >= 11 is 0. The first-order chi connectivity index (χ1) is 12.4. The van der Waals surface area contributed by atoms with E-state index in [1.807, 2.05) is 0 Å². The van der Waals surface area contributed by atoms with Gasteiger partial charge in [0.25, 0.3) is 10.2 Å². The molecule has 0 unspecified atom stereocenters. The lowest BCUT2D eigenvalue weighted by atomic mass is 9.96.